The molecule has 0 bridgehead atoms. The number of rotatable bonds is 8. The summed E-state index contributed by atoms with van der Waals surface area (Å²) in [6.07, 6.45) is -1.15. The molecular formula is C23H23F3N2O2. The number of hydrogen-bond donors (Lipinski definition) is 2. The summed E-state index contributed by atoms with van der Waals surface area (Å²) in [6.45, 7) is 2.53. The first-order chi connectivity index (χ1) is 14.3. The number of benzene rings is 2. The fraction of sp³-hybridized carbons (Fsp3) is 0.261. The Hall–Kier alpha value is -3.06. The lowest BCUT2D eigenvalue weighted by Gasteiger charge is -2.16. The number of ether oxygens (including phenoxy) is 1. The van der Waals surface area contributed by atoms with Crippen LogP contribution in [0.2, 0.25) is 0 Å². The maximum atomic E-state index is 12.9. The van der Waals surface area contributed by atoms with E-state index in [-0.39, 0.29) is 23.4 Å². The Morgan fingerprint density at radius 2 is 1.83 bits per heavy atom. The van der Waals surface area contributed by atoms with Gasteiger partial charge < -0.3 is 15.2 Å². The van der Waals surface area contributed by atoms with E-state index in [2.05, 4.69) is 17.2 Å². The quantitative estimate of drug-likeness (QED) is 0.494. The zero-order valence-corrected chi connectivity index (χ0v) is 16.5. The van der Waals surface area contributed by atoms with E-state index in [1.807, 2.05) is 18.2 Å². The standard InChI is InChI=1S/C23H23F3N2O2/c1-16(7-8-17-9-11-20(29)12-10-17)28-15-18-4-3-13-27-22(18)30-21-6-2-5-19(14-21)23(24,25)26/h2-6,9-14,16,28-29H,7-8,15H2,1H3. The van der Waals surface area contributed by atoms with Gasteiger partial charge in [-0.25, -0.2) is 4.98 Å². The Kier molecular flexibility index (Phi) is 6.95. The maximum Gasteiger partial charge on any atom is 0.416 e. The summed E-state index contributed by atoms with van der Waals surface area (Å²) in [7, 11) is 0. The van der Waals surface area contributed by atoms with Gasteiger partial charge in [0.2, 0.25) is 5.88 Å². The molecule has 4 nitrogen and oxygen atoms in total. The number of hydrogen-bond acceptors (Lipinski definition) is 4. The lowest BCUT2D eigenvalue weighted by atomic mass is 10.1. The summed E-state index contributed by atoms with van der Waals surface area (Å²) < 4.78 is 44.4. The largest absolute Gasteiger partial charge is 0.508 e. The van der Waals surface area contributed by atoms with Gasteiger partial charge >= 0.3 is 6.18 Å². The van der Waals surface area contributed by atoms with Crippen molar-refractivity contribution in [1.82, 2.24) is 10.3 Å². The second-order valence-electron chi connectivity index (χ2n) is 7.08. The smallest absolute Gasteiger partial charge is 0.416 e. The number of phenolic OH excluding ortho intramolecular Hbond substituents is 1. The second-order valence-corrected chi connectivity index (χ2v) is 7.08. The Labute approximate surface area is 173 Å². The van der Waals surface area contributed by atoms with Crippen molar-refractivity contribution in [3.8, 4) is 17.4 Å². The van der Waals surface area contributed by atoms with E-state index in [1.165, 1.54) is 12.1 Å². The van der Waals surface area contributed by atoms with Gasteiger partial charge in [-0.1, -0.05) is 24.3 Å². The van der Waals surface area contributed by atoms with Gasteiger partial charge in [-0.2, -0.15) is 13.2 Å². The molecule has 0 saturated carbocycles. The number of aryl methyl sites for hydroxylation is 1. The van der Waals surface area contributed by atoms with Crippen molar-refractivity contribution in [3.63, 3.8) is 0 Å². The summed E-state index contributed by atoms with van der Waals surface area (Å²) in [5.41, 5.74) is 1.13. The molecule has 1 unspecified atom stereocenters. The fourth-order valence-corrected chi connectivity index (χ4v) is 2.93. The summed E-state index contributed by atoms with van der Waals surface area (Å²) in [5, 5.41) is 12.7. The highest BCUT2D eigenvalue weighted by molar-refractivity contribution is 5.35. The molecule has 0 amide bonds. The SMILES string of the molecule is CC(CCc1ccc(O)cc1)NCc1cccnc1Oc1cccc(C(F)(F)F)c1. The first kappa shape index (κ1) is 21.6. The number of halogens is 3. The topological polar surface area (TPSA) is 54.4 Å². The Morgan fingerprint density at radius 3 is 2.57 bits per heavy atom. The predicted molar refractivity (Wildman–Crippen MR) is 108 cm³/mol. The van der Waals surface area contributed by atoms with Crippen LogP contribution in [0, 0.1) is 0 Å². The van der Waals surface area contributed by atoms with E-state index in [4.69, 9.17) is 4.74 Å². The molecule has 7 heteroatoms. The van der Waals surface area contributed by atoms with Crippen LogP contribution in [-0.4, -0.2) is 16.1 Å². The van der Waals surface area contributed by atoms with Crippen LogP contribution in [0.1, 0.15) is 30.0 Å². The fourth-order valence-electron chi connectivity index (χ4n) is 2.93. The minimum Gasteiger partial charge on any atom is -0.508 e. The summed E-state index contributed by atoms with van der Waals surface area (Å²) in [5.74, 6) is 0.606. The van der Waals surface area contributed by atoms with Crippen molar-refractivity contribution in [1.29, 1.82) is 0 Å². The first-order valence-corrected chi connectivity index (χ1v) is 9.61. The molecule has 2 aromatic carbocycles. The number of phenols is 1. The maximum absolute atomic E-state index is 12.9. The molecule has 0 radical (unpaired) electrons. The molecule has 0 spiro atoms. The minimum absolute atomic E-state index is 0.0881. The van der Waals surface area contributed by atoms with Crippen LogP contribution in [0.15, 0.2) is 66.9 Å². The van der Waals surface area contributed by atoms with E-state index in [9.17, 15) is 18.3 Å². The van der Waals surface area contributed by atoms with Crippen molar-refractivity contribution in [3.05, 3.63) is 83.6 Å². The summed E-state index contributed by atoms with van der Waals surface area (Å²) >= 11 is 0. The normalized spacial score (nSPS) is 12.5. The van der Waals surface area contributed by atoms with Crippen molar-refractivity contribution >= 4 is 0 Å². The Morgan fingerprint density at radius 1 is 1.07 bits per heavy atom. The van der Waals surface area contributed by atoms with Crippen molar-refractivity contribution in [2.75, 3.05) is 0 Å². The van der Waals surface area contributed by atoms with Crippen LogP contribution in [0.5, 0.6) is 17.4 Å². The highest BCUT2D eigenvalue weighted by Crippen LogP contribution is 2.32. The van der Waals surface area contributed by atoms with Gasteiger partial charge in [-0.15, -0.1) is 0 Å². The van der Waals surface area contributed by atoms with Gasteiger partial charge in [-0.05, 0) is 61.7 Å². The van der Waals surface area contributed by atoms with E-state index in [0.717, 1.165) is 36.1 Å². The molecule has 2 N–H and O–H groups in total. The molecule has 30 heavy (non-hydrogen) atoms. The lowest BCUT2D eigenvalue weighted by molar-refractivity contribution is -0.137. The van der Waals surface area contributed by atoms with Crippen LogP contribution in [-0.2, 0) is 19.1 Å². The molecule has 0 aliphatic rings. The monoisotopic (exact) mass is 416 g/mol. The van der Waals surface area contributed by atoms with Gasteiger partial charge in [0.05, 0.1) is 5.56 Å². The zero-order valence-electron chi connectivity index (χ0n) is 16.5. The van der Waals surface area contributed by atoms with E-state index in [1.54, 1.807) is 24.4 Å². The lowest BCUT2D eigenvalue weighted by Crippen LogP contribution is -2.26. The number of alkyl halides is 3. The highest BCUT2D eigenvalue weighted by Gasteiger charge is 2.30. The molecule has 3 aromatic rings. The second kappa shape index (κ2) is 9.63. The van der Waals surface area contributed by atoms with E-state index >= 15 is 0 Å². The average Bonchev–Trinajstić information content (AvgIpc) is 2.72. The van der Waals surface area contributed by atoms with Crippen LogP contribution >= 0.6 is 0 Å². The van der Waals surface area contributed by atoms with E-state index in [0.29, 0.717) is 6.54 Å². The van der Waals surface area contributed by atoms with Crippen LogP contribution in [0.3, 0.4) is 0 Å². The third kappa shape index (κ3) is 6.22. The Bertz CT molecular complexity index is 959. The van der Waals surface area contributed by atoms with Crippen molar-refractivity contribution in [2.45, 2.75) is 38.5 Å². The molecule has 1 heterocycles. The van der Waals surface area contributed by atoms with Gasteiger partial charge in [0.15, 0.2) is 0 Å². The highest BCUT2D eigenvalue weighted by atomic mass is 19.4. The number of nitrogens with one attached hydrogen (secondary N) is 1. The number of aromatic nitrogens is 1. The zero-order chi connectivity index (χ0) is 21.6. The Balaban J connectivity index is 1.59. The van der Waals surface area contributed by atoms with E-state index < -0.39 is 11.7 Å². The van der Waals surface area contributed by atoms with Gasteiger partial charge in [0.1, 0.15) is 11.5 Å². The molecule has 0 fully saturated rings. The summed E-state index contributed by atoms with van der Waals surface area (Å²) in [4.78, 5) is 4.18. The molecule has 1 aromatic heterocycles. The minimum atomic E-state index is -4.43. The van der Waals surface area contributed by atoms with Gasteiger partial charge in [-0.3, -0.25) is 0 Å². The average molecular weight is 416 g/mol. The molecular weight excluding hydrogens is 393 g/mol. The molecule has 158 valence electrons. The number of aromatic hydroxyl groups is 1. The molecule has 1 atom stereocenters. The molecule has 0 saturated heterocycles. The third-order valence-electron chi connectivity index (χ3n) is 4.67. The number of nitrogens with zero attached hydrogens (tertiary/aromatic N) is 1. The molecule has 0 aliphatic heterocycles. The van der Waals surface area contributed by atoms with Crippen LogP contribution in [0.4, 0.5) is 13.2 Å². The van der Waals surface area contributed by atoms with Crippen LogP contribution in [0.25, 0.3) is 0 Å². The molecule has 3 rings (SSSR count). The predicted octanol–water partition coefficient (Wildman–Crippen LogP) is 5.71. The number of pyridine rings is 1. The van der Waals surface area contributed by atoms with Gasteiger partial charge in [0, 0.05) is 24.3 Å². The van der Waals surface area contributed by atoms with Crippen molar-refractivity contribution < 1.29 is 23.0 Å². The van der Waals surface area contributed by atoms with Crippen molar-refractivity contribution in [2.24, 2.45) is 0 Å². The third-order valence-corrected chi connectivity index (χ3v) is 4.67. The first-order valence-electron chi connectivity index (χ1n) is 9.61. The van der Waals surface area contributed by atoms with Gasteiger partial charge in [0.25, 0.3) is 0 Å². The van der Waals surface area contributed by atoms with Crippen LogP contribution < -0.4 is 10.1 Å². The molecule has 0 aliphatic carbocycles. The summed E-state index contributed by atoms with van der Waals surface area (Å²) in [6, 6.07) is 15.7.